The van der Waals surface area contributed by atoms with E-state index < -0.39 is 0 Å². The van der Waals surface area contributed by atoms with Crippen LogP contribution in [0.15, 0.2) is 6.20 Å². The van der Waals surface area contributed by atoms with Crippen molar-refractivity contribution >= 4 is 0 Å². The summed E-state index contributed by atoms with van der Waals surface area (Å²) < 4.78 is 6.66. The van der Waals surface area contributed by atoms with Gasteiger partial charge in [-0.2, -0.15) is 0 Å². The van der Waals surface area contributed by atoms with Gasteiger partial charge in [0.2, 0.25) is 5.88 Å². The van der Waals surface area contributed by atoms with E-state index in [9.17, 15) is 0 Å². The smallest absolute Gasteiger partial charge is 0.235 e. The van der Waals surface area contributed by atoms with Crippen molar-refractivity contribution in [3.63, 3.8) is 0 Å². The van der Waals surface area contributed by atoms with Gasteiger partial charge in [-0.15, -0.1) is 5.10 Å². The zero-order chi connectivity index (χ0) is 8.85. The van der Waals surface area contributed by atoms with Crippen molar-refractivity contribution in [2.24, 2.45) is 7.05 Å². The minimum absolute atomic E-state index is 0.706. The summed E-state index contributed by atoms with van der Waals surface area (Å²) in [5, 5.41) is 4.02. The number of nitrogens with zero attached hydrogens (tertiary/aromatic N) is 2. The second kappa shape index (κ2) is 4.77. The summed E-state index contributed by atoms with van der Waals surface area (Å²) in [6.45, 7) is 5.96. The lowest BCUT2D eigenvalue weighted by atomic mass is 10.4. The molecule has 3 nitrogen and oxygen atoms in total. The minimum Gasteiger partial charge on any atom is -0.480 e. The Balaban J connectivity index is 0.000000461. The van der Waals surface area contributed by atoms with Crippen LogP contribution in [0.5, 0.6) is 5.88 Å². The molecule has 0 unspecified atom stereocenters. The highest BCUT2D eigenvalue weighted by Gasteiger charge is 1.99. The van der Waals surface area contributed by atoms with E-state index in [-0.39, 0.29) is 0 Å². The van der Waals surface area contributed by atoms with E-state index in [2.05, 4.69) is 5.10 Å². The Bertz CT molecular complexity index is 206. The first-order chi connectivity index (χ1) is 5.24. The molecule has 0 aliphatic rings. The van der Waals surface area contributed by atoms with Crippen LogP contribution < -0.4 is 4.74 Å². The van der Waals surface area contributed by atoms with E-state index in [1.807, 2.05) is 34.0 Å². The maximum absolute atomic E-state index is 4.93. The Morgan fingerprint density at radius 3 is 2.18 bits per heavy atom. The SMILES string of the molecule is CC.COc1nn(C)cc1C. The molecule has 0 aliphatic heterocycles. The molecule has 0 radical (unpaired) electrons. The second-order valence-corrected chi connectivity index (χ2v) is 2.00. The quantitative estimate of drug-likeness (QED) is 0.619. The number of rotatable bonds is 1. The molecule has 1 aromatic rings. The van der Waals surface area contributed by atoms with Crippen molar-refractivity contribution in [2.45, 2.75) is 20.8 Å². The molecule has 3 heteroatoms. The van der Waals surface area contributed by atoms with Crippen LogP contribution >= 0.6 is 0 Å². The van der Waals surface area contributed by atoms with Crippen molar-refractivity contribution in [3.8, 4) is 5.88 Å². The van der Waals surface area contributed by atoms with Gasteiger partial charge in [-0.05, 0) is 6.92 Å². The summed E-state index contributed by atoms with van der Waals surface area (Å²) in [7, 11) is 3.49. The average molecular weight is 156 g/mol. The predicted molar refractivity (Wildman–Crippen MR) is 45.8 cm³/mol. The Morgan fingerprint density at radius 1 is 1.45 bits per heavy atom. The number of ether oxygens (including phenoxy) is 1. The number of aryl methyl sites for hydroxylation is 2. The van der Waals surface area contributed by atoms with Crippen LogP contribution in [0.3, 0.4) is 0 Å². The number of methoxy groups -OCH3 is 1. The van der Waals surface area contributed by atoms with E-state index in [4.69, 9.17) is 4.74 Å². The van der Waals surface area contributed by atoms with Crippen LogP contribution in [-0.4, -0.2) is 16.9 Å². The first-order valence-corrected chi connectivity index (χ1v) is 3.78. The van der Waals surface area contributed by atoms with Crippen LogP contribution in [-0.2, 0) is 7.05 Å². The normalized spacial score (nSPS) is 8.45. The number of hydrogen-bond acceptors (Lipinski definition) is 2. The van der Waals surface area contributed by atoms with E-state index in [1.165, 1.54) is 0 Å². The molecule has 0 spiro atoms. The standard InChI is InChI=1S/C6H10N2O.C2H6/c1-5-4-8(2)7-6(5)9-3;1-2/h4H,1-3H3;1-2H3. The lowest BCUT2D eigenvalue weighted by Gasteiger charge is -1.90. The maximum Gasteiger partial charge on any atom is 0.235 e. The molecule has 0 atom stereocenters. The summed E-state index contributed by atoms with van der Waals surface area (Å²) in [6.07, 6.45) is 1.92. The molecule has 0 bridgehead atoms. The van der Waals surface area contributed by atoms with Crippen LogP contribution in [0.25, 0.3) is 0 Å². The summed E-state index contributed by atoms with van der Waals surface area (Å²) in [5.41, 5.74) is 1.07. The van der Waals surface area contributed by atoms with Crippen molar-refractivity contribution in [2.75, 3.05) is 7.11 Å². The lowest BCUT2D eigenvalue weighted by Crippen LogP contribution is -1.88. The fraction of sp³-hybridized carbons (Fsp3) is 0.625. The Morgan fingerprint density at radius 2 is 2.00 bits per heavy atom. The summed E-state index contributed by atoms with van der Waals surface area (Å²) in [4.78, 5) is 0. The van der Waals surface area contributed by atoms with Crippen molar-refractivity contribution in [1.29, 1.82) is 0 Å². The maximum atomic E-state index is 4.93. The highest BCUT2D eigenvalue weighted by atomic mass is 16.5. The average Bonchev–Trinajstić information content (AvgIpc) is 2.33. The highest BCUT2D eigenvalue weighted by Crippen LogP contribution is 2.11. The van der Waals surface area contributed by atoms with Crippen LogP contribution in [0.1, 0.15) is 19.4 Å². The molecular formula is C8H16N2O. The van der Waals surface area contributed by atoms with E-state index in [1.54, 1.807) is 11.8 Å². The van der Waals surface area contributed by atoms with Crippen LogP contribution in [0.4, 0.5) is 0 Å². The molecular weight excluding hydrogens is 140 g/mol. The van der Waals surface area contributed by atoms with Crippen molar-refractivity contribution in [1.82, 2.24) is 9.78 Å². The Labute approximate surface area is 68.0 Å². The molecule has 0 saturated heterocycles. The zero-order valence-electron chi connectivity index (χ0n) is 7.88. The predicted octanol–water partition coefficient (Wildman–Crippen LogP) is 1.76. The molecule has 0 aromatic carbocycles. The van der Waals surface area contributed by atoms with Crippen LogP contribution in [0, 0.1) is 6.92 Å². The zero-order valence-corrected chi connectivity index (χ0v) is 7.88. The van der Waals surface area contributed by atoms with Crippen LogP contribution in [0.2, 0.25) is 0 Å². The number of hydrogen-bond donors (Lipinski definition) is 0. The third-order valence-corrected chi connectivity index (χ3v) is 1.16. The van der Waals surface area contributed by atoms with Gasteiger partial charge in [0.05, 0.1) is 7.11 Å². The third kappa shape index (κ3) is 2.62. The van der Waals surface area contributed by atoms with Gasteiger partial charge >= 0.3 is 0 Å². The van der Waals surface area contributed by atoms with Gasteiger partial charge in [-0.1, -0.05) is 13.8 Å². The first-order valence-electron chi connectivity index (χ1n) is 3.78. The molecule has 1 aromatic heterocycles. The second-order valence-electron chi connectivity index (χ2n) is 2.00. The summed E-state index contributed by atoms with van der Waals surface area (Å²) in [5.74, 6) is 0.706. The molecule has 1 heterocycles. The van der Waals surface area contributed by atoms with Gasteiger partial charge in [0.1, 0.15) is 0 Å². The third-order valence-electron chi connectivity index (χ3n) is 1.16. The fourth-order valence-corrected chi connectivity index (χ4v) is 0.788. The molecule has 64 valence electrons. The van der Waals surface area contributed by atoms with Crippen molar-refractivity contribution in [3.05, 3.63) is 11.8 Å². The Hall–Kier alpha value is -0.990. The largest absolute Gasteiger partial charge is 0.480 e. The molecule has 0 saturated carbocycles. The molecule has 11 heavy (non-hydrogen) atoms. The van der Waals surface area contributed by atoms with Gasteiger partial charge in [0, 0.05) is 18.8 Å². The van der Waals surface area contributed by atoms with Gasteiger partial charge in [-0.3, -0.25) is 4.68 Å². The van der Waals surface area contributed by atoms with E-state index >= 15 is 0 Å². The highest BCUT2D eigenvalue weighted by molar-refractivity contribution is 5.20. The van der Waals surface area contributed by atoms with Gasteiger partial charge < -0.3 is 4.74 Å². The van der Waals surface area contributed by atoms with Gasteiger partial charge in [0.25, 0.3) is 0 Å². The van der Waals surface area contributed by atoms with Gasteiger partial charge in [0.15, 0.2) is 0 Å². The minimum atomic E-state index is 0.706. The van der Waals surface area contributed by atoms with Crippen molar-refractivity contribution < 1.29 is 4.74 Å². The topological polar surface area (TPSA) is 27.1 Å². The molecule has 0 amide bonds. The molecule has 0 N–H and O–H groups in total. The Kier molecular flexibility index (Phi) is 4.34. The lowest BCUT2D eigenvalue weighted by molar-refractivity contribution is 0.389. The summed E-state index contributed by atoms with van der Waals surface area (Å²) in [6, 6.07) is 0. The molecule has 0 fully saturated rings. The van der Waals surface area contributed by atoms with Gasteiger partial charge in [-0.25, -0.2) is 0 Å². The fourth-order valence-electron chi connectivity index (χ4n) is 0.788. The van der Waals surface area contributed by atoms with E-state index in [0.717, 1.165) is 5.56 Å². The first kappa shape index (κ1) is 10.0. The monoisotopic (exact) mass is 156 g/mol. The molecule has 1 rings (SSSR count). The summed E-state index contributed by atoms with van der Waals surface area (Å²) >= 11 is 0. The molecule has 0 aliphatic carbocycles. The van der Waals surface area contributed by atoms with E-state index in [0.29, 0.717) is 5.88 Å². The number of aromatic nitrogens is 2.